The highest BCUT2D eigenvalue weighted by Crippen LogP contribution is 2.01. The van der Waals surface area contributed by atoms with E-state index in [4.69, 9.17) is 10.5 Å². The number of carbonyl (C=O) groups excluding carboxylic acids is 2. The molecule has 0 aliphatic heterocycles. The molecule has 0 saturated heterocycles. The summed E-state index contributed by atoms with van der Waals surface area (Å²) in [4.78, 5) is 22.2. The number of esters is 2. The average Bonchev–Trinajstić information content (AvgIpc) is 2.20. The second-order valence-corrected chi connectivity index (χ2v) is 4.35. The Balaban J connectivity index is 3.89. The lowest BCUT2D eigenvalue weighted by atomic mass is 10.1. The first-order valence-electron chi connectivity index (χ1n) is 5.11. The number of ether oxygens (including phenoxy) is 2. The molecule has 1 unspecified atom stereocenters. The van der Waals surface area contributed by atoms with Crippen LogP contribution in [0.2, 0.25) is 0 Å². The van der Waals surface area contributed by atoms with E-state index in [1.807, 2.05) is 0 Å². The minimum Gasteiger partial charge on any atom is -0.461 e. The van der Waals surface area contributed by atoms with Crippen molar-refractivity contribution in [3.8, 4) is 0 Å². The van der Waals surface area contributed by atoms with Gasteiger partial charge in [-0.05, 0) is 20.8 Å². The van der Waals surface area contributed by atoms with Crippen molar-refractivity contribution in [1.29, 1.82) is 0 Å². The van der Waals surface area contributed by atoms with Crippen LogP contribution in [0.15, 0.2) is 12.2 Å². The predicted molar refractivity (Wildman–Crippen MR) is 61.0 cm³/mol. The van der Waals surface area contributed by atoms with E-state index in [1.54, 1.807) is 0 Å². The third-order valence-electron chi connectivity index (χ3n) is 1.69. The van der Waals surface area contributed by atoms with Crippen LogP contribution in [0.4, 0.5) is 0 Å². The Labute approximate surface area is 100 Å². The summed E-state index contributed by atoms with van der Waals surface area (Å²) in [6, 6.07) is 0. The fourth-order valence-electron chi connectivity index (χ4n) is 0.701. The molecule has 0 bridgehead atoms. The monoisotopic (exact) mass is 245 g/mol. The number of hydrogen-bond donors (Lipinski definition) is 2. The van der Waals surface area contributed by atoms with Crippen LogP contribution in [-0.4, -0.2) is 41.9 Å². The van der Waals surface area contributed by atoms with Gasteiger partial charge in [-0.15, -0.1) is 0 Å². The lowest BCUT2D eigenvalue weighted by Gasteiger charge is -2.18. The van der Waals surface area contributed by atoms with Crippen LogP contribution in [-0.2, 0) is 19.1 Å². The Morgan fingerprint density at radius 1 is 1.35 bits per heavy atom. The van der Waals surface area contributed by atoms with Gasteiger partial charge < -0.3 is 20.3 Å². The fraction of sp³-hybridized carbons (Fsp3) is 0.636. The van der Waals surface area contributed by atoms with E-state index >= 15 is 0 Å². The van der Waals surface area contributed by atoms with Crippen molar-refractivity contribution < 1.29 is 24.2 Å². The highest BCUT2D eigenvalue weighted by Gasteiger charge is 2.24. The molecule has 17 heavy (non-hydrogen) atoms. The molecule has 0 radical (unpaired) electrons. The average molecular weight is 245 g/mol. The number of carbonyl (C=O) groups is 2. The molecule has 0 spiro atoms. The largest absolute Gasteiger partial charge is 0.461 e. The molecule has 0 aliphatic carbocycles. The van der Waals surface area contributed by atoms with Crippen LogP contribution in [0.5, 0.6) is 0 Å². The smallest absolute Gasteiger partial charge is 0.333 e. The van der Waals surface area contributed by atoms with Gasteiger partial charge in [0.05, 0.1) is 0 Å². The van der Waals surface area contributed by atoms with E-state index in [-0.39, 0.29) is 18.8 Å². The minimum atomic E-state index is -1.12. The maximum Gasteiger partial charge on any atom is 0.333 e. The van der Waals surface area contributed by atoms with Gasteiger partial charge in [-0.3, -0.25) is 4.79 Å². The number of nitrogens with two attached hydrogens (primary N) is 1. The van der Waals surface area contributed by atoms with Crippen LogP contribution < -0.4 is 5.73 Å². The molecular formula is C11H19NO5. The minimum absolute atomic E-state index is 0.234. The summed E-state index contributed by atoms with van der Waals surface area (Å²) in [5, 5.41) is 9.37. The van der Waals surface area contributed by atoms with Gasteiger partial charge >= 0.3 is 11.9 Å². The van der Waals surface area contributed by atoms with Crippen molar-refractivity contribution in [3.63, 3.8) is 0 Å². The molecule has 0 aromatic carbocycles. The molecule has 0 saturated carbocycles. The topological polar surface area (TPSA) is 98.9 Å². The zero-order valence-electron chi connectivity index (χ0n) is 10.4. The van der Waals surface area contributed by atoms with Crippen LogP contribution in [0, 0.1) is 0 Å². The molecule has 6 heteroatoms. The lowest BCUT2D eigenvalue weighted by Crippen LogP contribution is -2.44. The Hall–Kier alpha value is -1.40. The van der Waals surface area contributed by atoms with Gasteiger partial charge in [-0.25, -0.2) is 4.79 Å². The summed E-state index contributed by atoms with van der Waals surface area (Å²) in [6.07, 6.45) is -1.08. The maximum absolute atomic E-state index is 11.2. The van der Waals surface area contributed by atoms with Crippen LogP contribution in [0.25, 0.3) is 0 Å². The summed E-state index contributed by atoms with van der Waals surface area (Å²) in [6.45, 7) is 7.32. The second-order valence-electron chi connectivity index (χ2n) is 4.35. The molecule has 1 atom stereocenters. The molecule has 0 fully saturated rings. The van der Waals surface area contributed by atoms with E-state index in [0.717, 1.165) is 0 Å². The van der Waals surface area contributed by atoms with E-state index < -0.39 is 23.6 Å². The number of aliphatic hydroxyl groups excluding tert-OH is 1. The van der Waals surface area contributed by atoms with Gasteiger partial charge in [0, 0.05) is 5.57 Å². The third kappa shape index (κ3) is 6.70. The number of hydrogen-bond acceptors (Lipinski definition) is 6. The highest BCUT2D eigenvalue weighted by atomic mass is 16.6. The van der Waals surface area contributed by atoms with Crippen molar-refractivity contribution in [2.75, 3.05) is 13.2 Å². The van der Waals surface area contributed by atoms with Gasteiger partial charge in [-0.2, -0.15) is 0 Å². The van der Waals surface area contributed by atoms with E-state index in [0.29, 0.717) is 0 Å². The maximum atomic E-state index is 11.2. The Bertz CT molecular complexity index is 305. The van der Waals surface area contributed by atoms with Gasteiger partial charge in [0.15, 0.2) is 0 Å². The summed E-state index contributed by atoms with van der Waals surface area (Å²) in [5.74, 6) is -1.24. The zero-order chi connectivity index (χ0) is 13.6. The molecule has 0 aromatic rings. The van der Waals surface area contributed by atoms with Gasteiger partial charge in [0.1, 0.15) is 24.9 Å². The first kappa shape index (κ1) is 15.6. The predicted octanol–water partition coefficient (Wildman–Crippen LogP) is -0.253. The first-order chi connectivity index (χ1) is 7.64. The van der Waals surface area contributed by atoms with Gasteiger partial charge in [0.2, 0.25) is 0 Å². The molecule has 0 aromatic heterocycles. The van der Waals surface area contributed by atoms with Crippen molar-refractivity contribution in [1.82, 2.24) is 0 Å². The molecule has 0 amide bonds. The molecule has 0 heterocycles. The fourth-order valence-corrected chi connectivity index (χ4v) is 0.701. The highest BCUT2D eigenvalue weighted by molar-refractivity contribution is 5.86. The molecule has 0 rings (SSSR count). The summed E-state index contributed by atoms with van der Waals surface area (Å²) in [7, 11) is 0. The number of rotatable bonds is 6. The Morgan fingerprint density at radius 3 is 2.24 bits per heavy atom. The first-order valence-corrected chi connectivity index (χ1v) is 5.11. The van der Waals surface area contributed by atoms with Gasteiger partial charge in [0.25, 0.3) is 0 Å². The molecule has 6 nitrogen and oxygen atoms in total. The summed E-state index contributed by atoms with van der Waals surface area (Å²) < 4.78 is 9.41. The molecule has 0 aliphatic rings. The van der Waals surface area contributed by atoms with Crippen molar-refractivity contribution in [3.05, 3.63) is 12.2 Å². The summed E-state index contributed by atoms with van der Waals surface area (Å²) >= 11 is 0. The van der Waals surface area contributed by atoms with E-state index in [9.17, 15) is 14.7 Å². The molecular weight excluding hydrogens is 226 g/mol. The van der Waals surface area contributed by atoms with Gasteiger partial charge in [-0.1, -0.05) is 6.58 Å². The molecule has 98 valence electrons. The van der Waals surface area contributed by atoms with Crippen LogP contribution >= 0.6 is 0 Å². The van der Waals surface area contributed by atoms with Crippen LogP contribution in [0.3, 0.4) is 0 Å². The van der Waals surface area contributed by atoms with Crippen molar-refractivity contribution in [2.45, 2.75) is 32.4 Å². The second kappa shape index (κ2) is 6.36. The standard InChI is InChI=1S/C11H19NO5/c1-7(2)9(14)16-5-8(13)6-17-10(15)11(3,4)12/h8,13H,1,5-6,12H2,2-4H3. The van der Waals surface area contributed by atoms with Crippen molar-refractivity contribution >= 4 is 11.9 Å². The quantitative estimate of drug-likeness (QED) is 0.494. The van der Waals surface area contributed by atoms with Crippen LogP contribution in [0.1, 0.15) is 20.8 Å². The lowest BCUT2D eigenvalue weighted by molar-refractivity contribution is -0.154. The Morgan fingerprint density at radius 2 is 1.82 bits per heavy atom. The van der Waals surface area contributed by atoms with E-state index in [1.165, 1.54) is 20.8 Å². The zero-order valence-corrected chi connectivity index (χ0v) is 10.4. The third-order valence-corrected chi connectivity index (χ3v) is 1.69. The molecule has 3 N–H and O–H groups in total. The van der Waals surface area contributed by atoms with Crippen molar-refractivity contribution in [2.24, 2.45) is 5.73 Å². The Kier molecular flexibility index (Phi) is 5.84. The number of aliphatic hydroxyl groups is 1. The van der Waals surface area contributed by atoms with E-state index in [2.05, 4.69) is 11.3 Å². The summed E-state index contributed by atoms with van der Waals surface area (Å²) in [5.41, 5.74) is 4.59. The normalized spacial score (nSPS) is 12.8. The SMILES string of the molecule is C=C(C)C(=O)OCC(O)COC(=O)C(C)(C)N.